The lowest BCUT2D eigenvalue weighted by atomic mass is 9.79. The maximum Gasteiger partial charge on any atom is 0.305 e. The third-order valence-corrected chi connectivity index (χ3v) is 4.19. The standard InChI is InChI=1S/C15H24N4O2/c1-3-11-12(4-2)18-19-14(16-11)17-15(10-13(20)21)8-6-5-7-9-15/h3-10H2,1-2H3,(H,20,21)(H,16,17,19). The summed E-state index contributed by atoms with van der Waals surface area (Å²) in [6, 6.07) is 0. The molecule has 0 unspecified atom stereocenters. The molecule has 0 radical (unpaired) electrons. The number of nitrogens with one attached hydrogen (secondary N) is 1. The molecule has 1 fully saturated rings. The highest BCUT2D eigenvalue weighted by atomic mass is 16.4. The number of aliphatic carboxylic acids is 1. The molecule has 1 aliphatic carbocycles. The average molecular weight is 292 g/mol. The lowest BCUT2D eigenvalue weighted by Gasteiger charge is -2.36. The Morgan fingerprint density at radius 3 is 2.38 bits per heavy atom. The fourth-order valence-corrected chi connectivity index (χ4v) is 3.09. The first-order valence-corrected chi connectivity index (χ1v) is 7.81. The predicted octanol–water partition coefficient (Wildman–Crippen LogP) is 2.59. The first kappa shape index (κ1) is 15.7. The lowest BCUT2D eigenvalue weighted by Crippen LogP contribution is -2.43. The van der Waals surface area contributed by atoms with Crippen LogP contribution in [0.5, 0.6) is 0 Å². The number of nitrogens with zero attached hydrogens (tertiary/aromatic N) is 3. The lowest BCUT2D eigenvalue weighted by molar-refractivity contribution is -0.138. The maximum atomic E-state index is 11.2. The van der Waals surface area contributed by atoms with Crippen molar-refractivity contribution >= 4 is 11.9 Å². The summed E-state index contributed by atoms with van der Waals surface area (Å²) in [5, 5.41) is 20.8. The van der Waals surface area contributed by atoms with Crippen LogP contribution in [0.1, 0.15) is 63.8 Å². The molecule has 0 aromatic carbocycles. The Kier molecular flexibility index (Phi) is 5.09. The molecule has 1 aliphatic rings. The number of rotatable bonds is 6. The molecule has 2 rings (SSSR count). The number of hydrogen-bond acceptors (Lipinski definition) is 5. The minimum Gasteiger partial charge on any atom is -0.481 e. The molecule has 2 N–H and O–H groups in total. The number of carboxylic acid groups (broad SMARTS) is 1. The maximum absolute atomic E-state index is 11.2. The van der Waals surface area contributed by atoms with Crippen LogP contribution in [0.2, 0.25) is 0 Å². The molecule has 0 spiro atoms. The van der Waals surface area contributed by atoms with Crippen LogP contribution in [0.3, 0.4) is 0 Å². The molecule has 0 atom stereocenters. The van der Waals surface area contributed by atoms with Gasteiger partial charge in [-0.25, -0.2) is 4.98 Å². The quantitative estimate of drug-likeness (QED) is 0.838. The van der Waals surface area contributed by atoms with E-state index in [4.69, 9.17) is 0 Å². The van der Waals surface area contributed by atoms with E-state index < -0.39 is 11.5 Å². The van der Waals surface area contributed by atoms with E-state index in [2.05, 4.69) is 20.5 Å². The summed E-state index contributed by atoms with van der Waals surface area (Å²) in [4.78, 5) is 15.7. The van der Waals surface area contributed by atoms with Crippen LogP contribution in [0.4, 0.5) is 5.95 Å². The first-order chi connectivity index (χ1) is 10.1. The van der Waals surface area contributed by atoms with Crippen LogP contribution < -0.4 is 5.32 Å². The molecule has 116 valence electrons. The summed E-state index contributed by atoms with van der Waals surface area (Å²) < 4.78 is 0. The van der Waals surface area contributed by atoms with Crippen molar-refractivity contribution in [2.45, 2.75) is 70.8 Å². The minimum absolute atomic E-state index is 0.105. The van der Waals surface area contributed by atoms with Gasteiger partial charge in [0.2, 0.25) is 5.95 Å². The number of carboxylic acids is 1. The van der Waals surface area contributed by atoms with E-state index in [1.54, 1.807) is 0 Å². The van der Waals surface area contributed by atoms with Crippen LogP contribution in [0.15, 0.2) is 0 Å². The third kappa shape index (κ3) is 3.89. The molecular formula is C15H24N4O2. The van der Waals surface area contributed by atoms with Gasteiger partial charge < -0.3 is 10.4 Å². The Hall–Kier alpha value is -1.72. The zero-order chi connectivity index (χ0) is 15.3. The normalized spacial score (nSPS) is 17.4. The van der Waals surface area contributed by atoms with E-state index in [9.17, 15) is 9.90 Å². The Morgan fingerprint density at radius 2 is 1.81 bits per heavy atom. The second kappa shape index (κ2) is 6.83. The van der Waals surface area contributed by atoms with Crippen LogP contribution in [-0.4, -0.2) is 31.8 Å². The average Bonchev–Trinajstić information content (AvgIpc) is 2.47. The van der Waals surface area contributed by atoms with E-state index in [-0.39, 0.29) is 6.42 Å². The molecule has 6 heteroatoms. The number of aryl methyl sites for hydroxylation is 2. The van der Waals surface area contributed by atoms with Crippen molar-refractivity contribution in [2.75, 3.05) is 5.32 Å². The van der Waals surface area contributed by atoms with Gasteiger partial charge in [0.05, 0.1) is 23.3 Å². The summed E-state index contributed by atoms with van der Waals surface area (Å²) in [5.41, 5.74) is 1.43. The number of carbonyl (C=O) groups is 1. The topological polar surface area (TPSA) is 88.0 Å². The van der Waals surface area contributed by atoms with Gasteiger partial charge in [0, 0.05) is 0 Å². The van der Waals surface area contributed by atoms with Gasteiger partial charge in [-0.1, -0.05) is 33.1 Å². The summed E-state index contributed by atoms with van der Waals surface area (Å²) >= 11 is 0. The van der Waals surface area contributed by atoms with Crippen molar-refractivity contribution in [1.82, 2.24) is 15.2 Å². The van der Waals surface area contributed by atoms with Crippen molar-refractivity contribution in [3.63, 3.8) is 0 Å². The van der Waals surface area contributed by atoms with Crippen molar-refractivity contribution in [3.8, 4) is 0 Å². The fourth-order valence-electron chi connectivity index (χ4n) is 3.09. The van der Waals surface area contributed by atoms with Gasteiger partial charge in [-0.2, -0.15) is 5.10 Å². The van der Waals surface area contributed by atoms with Crippen molar-refractivity contribution in [1.29, 1.82) is 0 Å². The van der Waals surface area contributed by atoms with Crippen molar-refractivity contribution < 1.29 is 9.90 Å². The Balaban J connectivity index is 2.21. The molecule has 6 nitrogen and oxygen atoms in total. The largest absolute Gasteiger partial charge is 0.481 e. The van der Waals surface area contributed by atoms with Gasteiger partial charge in [0.15, 0.2) is 0 Å². The van der Waals surface area contributed by atoms with Gasteiger partial charge in [0.25, 0.3) is 0 Å². The van der Waals surface area contributed by atoms with Gasteiger partial charge in [-0.3, -0.25) is 4.79 Å². The molecule has 0 aliphatic heterocycles. The van der Waals surface area contributed by atoms with E-state index in [1.165, 1.54) is 0 Å². The van der Waals surface area contributed by atoms with E-state index >= 15 is 0 Å². The monoisotopic (exact) mass is 292 g/mol. The number of anilines is 1. The highest BCUT2D eigenvalue weighted by molar-refractivity contribution is 5.69. The second-order valence-electron chi connectivity index (χ2n) is 5.77. The Morgan fingerprint density at radius 1 is 1.14 bits per heavy atom. The zero-order valence-electron chi connectivity index (χ0n) is 12.9. The molecule has 1 saturated carbocycles. The molecule has 21 heavy (non-hydrogen) atoms. The highest BCUT2D eigenvalue weighted by Gasteiger charge is 2.35. The summed E-state index contributed by atoms with van der Waals surface area (Å²) in [5.74, 6) is -0.314. The van der Waals surface area contributed by atoms with E-state index in [0.29, 0.717) is 5.95 Å². The zero-order valence-corrected chi connectivity index (χ0v) is 12.9. The van der Waals surface area contributed by atoms with Crippen molar-refractivity contribution in [2.24, 2.45) is 0 Å². The molecular weight excluding hydrogens is 268 g/mol. The second-order valence-corrected chi connectivity index (χ2v) is 5.77. The van der Waals surface area contributed by atoms with Gasteiger partial charge in [0.1, 0.15) is 0 Å². The summed E-state index contributed by atoms with van der Waals surface area (Å²) in [6.45, 7) is 4.07. The smallest absolute Gasteiger partial charge is 0.305 e. The Labute approximate surface area is 125 Å². The summed E-state index contributed by atoms with van der Waals surface area (Å²) in [7, 11) is 0. The van der Waals surface area contributed by atoms with Gasteiger partial charge >= 0.3 is 5.97 Å². The van der Waals surface area contributed by atoms with Gasteiger partial charge in [-0.15, -0.1) is 5.10 Å². The van der Waals surface area contributed by atoms with Crippen LogP contribution in [0, 0.1) is 0 Å². The number of hydrogen-bond donors (Lipinski definition) is 2. The summed E-state index contributed by atoms with van der Waals surface area (Å²) in [6.07, 6.45) is 6.66. The first-order valence-electron chi connectivity index (χ1n) is 7.81. The molecule has 0 amide bonds. The molecule has 0 bridgehead atoms. The fraction of sp³-hybridized carbons (Fsp3) is 0.733. The van der Waals surface area contributed by atoms with Crippen molar-refractivity contribution in [3.05, 3.63) is 11.4 Å². The SMILES string of the molecule is CCc1nnc(NC2(CC(=O)O)CCCCC2)nc1CC. The highest BCUT2D eigenvalue weighted by Crippen LogP contribution is 2.33. The molecule has 1 heterocycles. The van der Waals surface area contributed by atoms with E-state index in [0.717, 1.165) is 56.3 Å². The molecule has 1 aromatic rings. The Bertz CT molecular complexity index is 498. The van der Waals surface area contributed by atoms with Crippen LogP contribution >= 0.6 is 0 Å². The predicted molar refractivity (Wildman–Crippen MR) is 80.3 cm³/mol. The van der Waals surface area contributed by atoms with E-state index in [1.807, 2.05) is 13.8 Å². The molecule has 0 saturated heterocycles. The minimum atomic E-state index is -0.779. The van der Waals surface area contributed by atoms with Crippen LogP contribution in [-0.2, 0) is 17.6 Å². The molecule has 1 aromatic heterocycles. The van der Waals surface area contributed by atoms with Crippen LogP contribution in [0.25, 0.3) is 0 Å². The van der Waals surface area contributed by atoms with Gasteiger partial charge in [-0.05, 0) is 25.7 Å². The number of aromatic nitrogens is 3. The third-order valence-electron chi connectivity index (χ3n) is 4.19.